The van der Waals surface area contributed by atoms with Crippen LogP contribution in [-0.2, 0) is 4.79 Å². The van der Waals surface area contributed by atoms with Crippen molar-refractivity contribution in [2.24, 2.45) is 0 Å². The molecular weight excluding hydrogens is 172 g/mol. The highest BCUT2D eigenvalue weighted by Crippen LogP contribution is 2.25. The molecule has 0 aliphatic heterocycles. The van der Waals surface area contributed by atoms with Gasteiger partial charge in [0, 0.05) is 6.08 Å². The van der Waals surface area contributed by atoms with E-state index in [0.717, 1.165) is 12.2 Å². The second-order valence-corrected chi connectivity index (χ2v) is 2.37. The average molecular weight is 179 g/mol. The minimum atomic E-state index is -1.14. The molecular formula is C9H7O4-. The van der Waals surface area contributed by atoms with E-state index in [9.17, 15) is 9.90 Å². The summed E-state index contributed by atoms with van der Waals surface area (Å²) in [6.07, 6.45) is 1.99. The van der Waals surface area contributed by atoms with Crippen LogP contribution in [0.25, 0.3) is 6.08 Å². The highest BCUT2D eigenvalue weighted by atomic mass is 16.4. The Morgan fingerprint density at radius 2 is 2.15 bits per heavy atom. The fraction of sp³-hybridized carbons (Fsp3) is 0. The molecule has 0 amide bonds. The summed E-state index contributed by atoms with van der Waals surface area (Å²) in [5.74, 6) is -2.09. The Kier molecular flexibility index (Phi) is 2.54. The van der Waals surface area contributed by atoms with Crippen molar-refractivity contribution in [2.45, 2.75) is 0 Å². The Morgan fingerprint density at radius 1 is 1.46 bits per heavy atom. The predicted octanol–water partition coefficient (Wildman–Crippen LogP) is 0.564. The van der Waals surface area contributed by atoms with Crippen LogP contribution in [0.15, 0.2) is 24.3 Å². The van der Waals surface area contributed by atoms with Crippen LogP contribution in [0, 0.1) is 0 Å². The van der Waals surface area contributed by atoms with Gasteiger partial charge in [0.1, 0.15) is 5.75 Å². The van der Waals surface area contributed by atoms with Gasteiger partial charge in [0.15, 0.2) is 0 Å². The highest BCUT2D eigenvalue weighted by molar-refractivity contribution is 5.86. The lowest BCUT2D eigenvalue weighted by Gasteiger charge is -2.11. The Hall–Kier alpha value is -1.97. The van der Waals surface area contributed by atoms with Gasteiger partial charge in [-0.25, -0.2) is 4.79 Å². The number of hydrogen-bond donors (Lipinski definition) is 2. The number of aromatic hydroxyl groups is 1. The van der Waals surface area contributed by atoms with Crippen LogP contribution in [0.2, 0.25) is 0 Å². The van der Waals surface area contributed by atoms with Gasteiger partial charge < -0.3 is 15.3 Å². The molecule has 0 fully saturated rings. The molecule has 0 radical (unpaired) electrons. The topological polar surface area (TPSA) is 80.6 Å². The largest absolute Gasteiger partial charge is 0.870 e. The Balaban J connectivity index is 3.02. The van der Waals surface area contributed by atoms with Crippen LogP contribution < -0.4 is 5.11 Å². The number of carbonyl (C=O) groups is 1. The van der Waals surface area contributed by atoms with Crippen LogP contribution in [0.5, 0.6) is 11.5 Å². The smallest absolute Gasteiger partial charge is 0.328 e. The lowest BCUT2D eigenvalue weighted by molar-refractivity contribution is -0.270. The van der Waals surface area contributed by atoms with E-state index in [-0.39, 0.29) is 11.3 Å². The molecule has 0 saturated heterocycles. The first-order valence-corrected chi connectivity index (χ1v) is 3.51. The van der Waals surface area contributed by atoms with E-state index < -0.39 is 11.7 Å². The van der Waals surface area contributed by atoms with Crippen LogP contribution >= 0.6 is 0 Å². The molecule has 0 unspecified atom stereocenters. The van der Waals surface area contributed by atoms with Crippen LogP contribution in [0.4, 0.5) is 0 Å². The third-order valence-corrected chi connectivity index (χ3v) is 1.43. The number of rotatable bonds is 2. The third kappa shape index (κ3) is 2.23. The lowest BCUT2D eigenvalue weighted by atomic mass is 10.2. The van der Waals surface area contributed by atoms with E-state index >= 15 is 0 Å². The summed E-state index contributed by atoms with van der Waals surface area (Å²) >= 11 is 0. The van der Waals surface area contributed by atoms with Crippen molar-refractivity contribution in [3.05, 3.63) is 29.8 Å². The van der Waals surface area contributed by atoms with Crippen molar-refractivity contribution in [2.75, 3.05) is 0 Å². The van der Waals surface area contributed by atoms with Crippen molar-refractivity contribution >= 4 is 12.0 Å². The molecule has 0 aliphatic rings. The van der Waals surface area contributed by atoms with Crippen molar-refractivity contribution in [1.29, 1.82) is 0 Å². The molecule has 0 atom stereocenters. The van der Waals surface area contributed by atoms with E-state index in [2.05, 4.69) is 0 Å². The number of phenols is 1. The summed E-state index contributed by atoms with van der Waals surface area (Å²) in [4.78, 5) is 10.1. The summed E-state index contributed by atoms with van der Waals surface area (Å²) in [6.45, 7) is 0. The van der Waals surface area contributed by atoms with Crippen molar-refractivity contribution in [1.82, 2.24) is 0 Å². The van der Waals surface area contributed by atoms with Crippen molar-refractivity contribution < 1.29 is 20.1 Å². The number of phenolic OH excluding ortho intramolecular Hbond substituents is 1. The number of carboxylic acid groups (broad SMARTS) is 1. The normalized spacial score (nSPS) is 10.5. The first-order chi connectivity index (χ1) is 6.11. The SMILES string of the molecule is O=C(O)/C=C/c1cccc(O)c1[O-]. The summed E-state index contributed by atoms with van der Waals surface area (Å²) in [5, 5.41) is 28.3. The molecule has 0 aliphatic carbocycles. The molecule has 4 heteroatoms. The van der Waals surface area contributed by atoms with Gasteiger partial charge in [0.25, 0.3) is 0 Å². The monoisotopic (exact) mass is 179 g/mol. The van der Waals surface area contributed by atoms with Gasteiger partial charge in [-0.3, -0.25) is 0 Å². The average Bonchev–Trinajstić information content (AvgIpc) is 2.07. The fourth-order valence-corrected chi connectivity index (χ4v) is 0.834. The Labute approximate surface area is 74.4 Å². The fourth-order valence-electron chi connectivity index (χ4n) is 0.834. The van der Waals surface area contributed by atoms with Crippen LogP contribution in [0.1, 0.15) is 5.56 Å². The van der Waals surface area contributed by atoms with Crippen LogP contribution in [0.3, 0.4) is 0 Å². The first-order valence-electron chi connectivity index (χ1n) is 3.51. The van der Waals surface area contributed by atoms with Gasteiger partial charge in [0.2, 0.25) is 0 Å². The molecule has 1 rings (SSSR count). The zero-order chi connectivity index (χ0) is 9.84. The van der Waals surface area contributed by atoms with Gasteiger partial charge in [-0.1, -0.05) is 17.9 Å². The van der Waals surface area contributed by atoms with E-state index in [1.165, 1.54) is 18.2 Å². The molecule has 4 nitrogen and oxygen atoms in total. The molecule has 0 aromatic heterocycles. The van der Waals surface area contributed by atoms with Gasteiger partial charge in [-0.15, -0.1) is 0 Å². The number of hydrogen-bond acceptors (Lipinski definition) is 3. The van der Waals surface area contributed by atoms with Crippen molar-refractivity contribution in [3.63, 3.8) is 0 Å². The predicted molar refractivity (Wildman–Crippen MR) is 44.2 cm³/mol. The van der Waals surface area contributed by atoms with E-state index in [4.69, 9.17) is 10.2 Å². The Bertz CT molecular complexity index is 355. The van der Waals surface area contributed by atoms with E-state index in [1.807, 2.05) is 0 Å². The van der Waals surface area contributed by atoms with Gasteiger partial charge >= 0.3 is 5.97 Å². The number of para-hydroxylation sites is 1. The van der Waals surface area contributed by atoms with Gasteiger partial charge in [-0.2, -0.15) is 0 Å². The maximum atomic E-state index is 11.1. The third-order valence-electron chi connectivity index (χ3n) is 1.43. The molecule has 1 aromatic carbocycles. The minimum Gasteiger partial charge on any atom is -0.870 e. The molecule has 68 valence electrons. The van der Waals surface area contributed by atoms with Gasteiger partial charge in [-0.05, 0) is 17.7 Å². The lowest BCUT2D eigenvalue weighted by Crippen LogP contribution is -1.94. The number of benzene rings is 1. The van der Waals surface area contributed by atoms with Gasteiger partial charge in [0.05, 0.1) is 0 Å². The summed E-state index contributed by atoms with van der Waals surface area (Å²) in [5.41, 5.74) is 0.155. The molecule has 1 aromatic rings. The number of carboxylic acids is 1. The second kappa shape index (κ2) is 3.62. The number of aliphatic carboxylic acids is 1. The molecule has 0 bridgehead atoms. The summed E-state index contributed by atoms with van der Waals surface area (Å²) < 4.78 is 0. The minimum absolute atomic E-state index is 0.155. The molecule has 2 N–H and O–H groups in total. The second-order valence-electron chi connectivity index (χ2n) is 2.37. The molecule has 0 heterocycles. The summed E-state index contributed by atoms with van der Waals surface area (Å²) in [6, 6.07) is 4.15. The Morgan fingerprint density at radius 3 is 2.77 bits per heavy atom. The quantitative estimate of drug-likeness (QED) is 0.650. The standard InChI is InChI=1S/C9H8O4/c10-7-3-1-2-6(9(7)13)4-5-8(11)12/h1-5,10,13H,(H,11,12)/p-1/b5-4+. The van der Waals surface area contributed by atoms with Crippen LogP contribution in [-0.4, -0.2) is 16.2 Å². The first kappa shape index (κ1) is 9.12. The zero-order valence-corrected chi connectivity index (χ0v) is 6.60. The molecule has 0 spiro atoms. The maximum absolute atomic E-state index is 11.1. The summed E-state index contributed by atoms with van der Waals surface area (Å²) in [7, 11) is 0. The zero-order valence-electron chi connectivity index (χ0n) is 6.60. The van der Waals surface area contributed by atoms with E-state index in [0.29, 0.717) is 0 Å². The maximum Gasteiger partial charge on any atom is 0.328 e. The highest BCUT2D eigenvalue weighted by Gasteiger charge is 1.94. The molecule has 0 saturated carbocycles. The van der Waals surface area contributed by atoms with Crippen molar-refractivity contribution in [3.8, 4) is 11.5 Å². The molecule has 13 heavy (non-hydrogen) atoms. The van der Waals surface area contributed by atoms with E-state index in [1.54, 1.807) is 0 Å².